The van der Waals surface area contributed by atoms with Crippen molar-refractivity contribution in [3.05, 3.63) is 35.7 Å². The number of aryl methyl sites for hydroxylation is 2. The van der Waals surface area contributed by atoms with Crippen LogP contribution in [0.4, 0.5) is 17.3 Å². The van der Waals surface area contributed by atoms with Gasteiger partial charge in [-0.2, -0.15) is 0 Å². The van der Waals surface area contributed by atoms with Gasteiger partial charge in [-0.3, -0.25) is 0 Å². The topological polar surface area (TPSA) is 59.1 Å². The predicted octanol–water partition coefficient (Wildman–Crippen LogP) is 3.28. The molecule has 0 fully saturated rings. The lowest BCUT2D eigenvalue weighted by Gasteiger charge is -2.15. The zero-order valence-corrected chi connectivity index (χ0v) is 12.3. The lowest BCUT2D eigenvalue weighted by atomic mass is 10.1. The van der Waals surface area contributed by atoms with Gasteiger partial charge >= 0.3 is 0 Å². The van der Waals surface area contributed by atoms with Gasteiger partial charge in [-0.1, -0.05) is 12.1 Å². The Kier molecular flexibility index (Phi) is 4.40. The maximum absolute atomic E-state index is 5.42. The van der Waals surface area contributed by atoms with Gasteiger partial charge in [-0.15, -0.1) is 0 Å². The quantitative estimate of drug-likeness (QED) is 0.874. The summed E-state index contributed by atoms with van der Waals surface area (Å²) in [4.78, 5) is 8.47. The van der Waals surface area contributed by atoms with Crippen molar-refractivity contribution in [1.29, 1.82) is 0 Å². The van der Waals surface area contributed by atoms with Crippen LogP contribution in [0.25, 0.3) is 0 Å². The fourth-order valence-electron chi connectivity index (χ4n) is 1.95. The van der Waals surface area contributed by atoms with Gasteiger partial charge in [-0.05, 0) is 38.0 Å². The smallest absolute Gasteiger partial charge is 0.204 e. The first-order valence-corrected chi connectivity index (χ1v) is 6.62. The third-order valence-corrected chi connectivity index (χ3v) is 3.00. The van der Waals surface area contributed by atoms with E-state index in [0.717, 1.165) is 17.8 Å². The van der Waals surface area contributed by atoms with E-state index in [-0.39, 0.29) is 0 Å². The van der Waals surface area contributed by atoms with Crippen LogP contribution in [0, 0.1) is 13.8 Å². The van der Waals surface area contributed by atoms with Gasteiger partial charge in [0.25, 0.3) is 0 Å². The molecular weight excluding hydrogens is 252 g/mol. The predicted molar refractivity (Wildman–Crippen MR) is 81.9 cm³/mol. The second-order valence-corrected chi connectivity index (χ2v) is 4.58. The molecule has 1 aromatic heterocycles. The minimum atomic E-state index is 0.621. The summed E-state index contributed by atoms with van der Waals surface area (Å²) in [5, 5.41) is 6.48. The number of aromatic nitrogens is 2. The van der Waals surface area contributed by atoms with Gasteiger partial charge in [0, 0.05) is 12.2 Å². The van der Waals surface area contributed by atoms with Crippen LogP contribution < -0.4 is 15.4 Å². The fraction of sp³-hybridized carbons (Fsp3) is 0.333. The molecule has 2 aromatic rings. The molecule has 0 saturated carbocycles. The van der Waals surface area contributed by atoms with E-state index >= 15 is 0 Å². The molecule has 5 nitrogen and oxygen atoms in total. The Morgan fingerprint density at radius 2 is 1.90 bits per heavy atom. The number of ether oxygens (including phenoxy) is 1. The Hall–Kier alpha value is -2.30. The Balaban J connectivity index is 2.37. The summed E-state index contributed by atoms with van der Waals surface area (Å²) in [6.07, 6.45) is 1.52. The maximum atomic E-state index is 5.42. The SMILES string of the molecule is CCNc1ncnc(Nc2cc(C)ccc2C)c1OC. The van der Waals surface area contributed by atoms with Crippen molar-refractivity contribution in [3.63, 3.8) is 0 Å². The highest BCUT2D eigenvalue weighted by Crippen LogP contribution is 2.32. The first-order valence-electron chi connectivity index (χ1n) is 6.62. The van der Waals surface area contributed by atoms with Crippen molar-refractivity contribution in [1.82, 2.24) is 9.97 Å². The summed E-state index contributed by atoms with van der Waals surface area (Å²) < 4.78 is 5.42. The Morgan fingerprint density at radius 1 is 1.15 bits per heavy atom. The molecular formula is C15H20N4O. The average Bonchev–Trinajstić information content (AvgIpc) is 2.43. The normalized spacial score (nSPS) is 10.2. The fourth-order valence-corrected chi connectivity index (χ4v) is 1.95. The molecule has 20 heavy (non-hydrogen) atoms. The van der Waals surface area contributed by atoms with E-state index in [1.165, 1.54) is 11.9 Å². The molecule has 5 heteroatoms. The molecule has 1 heterocycles. The number of nitrogens with zero attached hydrogens (tertiary/aromatic N) is 2. The van der Waals surface area contributed by atoms with Gasteiger partial charge in [0.2, 0.25) is 5.75 Å². The average molecular weight is 272 g/mol. The second-order valence-electron chi connectivity index (χ2n) is 4.58. The highest BCUT2D eigenvalue weighted by atomic mass is 16.5. The van der Waals surface area contributed by atoms with Crippen LogP contribution in [0.2, 0.25) is 0 Å². The van der Waals surface area contributed by atoms with Crippen LogP contribution in [-0.4, -0.2) is 23.6 Å². The highest BCUT2D eigenvalue weighted by molar-refractivity contribution is 5.71. The largest absolute Gasteiger partial charge is 0.490 e. The molecule has 0 aliphatic carbocycles. The Labute approximate surface area is 119 Å². The van der Waals surface area contributed by atoms with Crippen LogP contribution in [0.1, 0.15) is 18.1 Å². The van der Waals surface area contributed by atoms with E-state index in [1.807, 2.05) is 6.92 Å². The number of hydrogen-bond acceptors (Lipinski definition) is 5. The van der Waals surface area contributed by atoms with Crippen molar-refractivity contribution in [2.24, 2.45) is 0 Å². The molecule has 2 rings (SSSR count). The van der Waals surface area contributed by atoms with Crippen LogP contribution in [0.5, 0.6) is 5.75 Å². The van der Waals surface area contributed by atoms with Gasteiger partial charge in [0.05, 0.1) is 7.11 Å². The number of methoxy groups -OCH3 is 1. The summed E-state index contributed by atoms with van der Waals surface area (Å²) >= 11 is 0. The number of hydrogen-bond donors (Lipinski definition) is 2. The summed E-state index contributed by atoms with van der Waals surface area (Å²) in [5.74, 6) is 1.97. The molecule has 0 amide bonds. The molecule has 0 aliphatic heterocycles. The Bertz CT molecular complexity index is 598. The summed E-state index contributed by atoms with van der Waals surface area (Å²) in [7, 11) is 1.62. The molecule has 1 aromatic carbocycles. The lowest BCUT2D eigenvalue weighted by molar-refractivity contribution is 0.415. The van der Waals surface area contributed by atoms with Crippen LogP contribution >= 0.6 is 0 Å². The van der Waals surface area contributed by atoms with Crippen molar-refractivity contribution >= 4 is 17.3 Å². The van der Waals surface area contributed by atoms with Gasteiger partial charge < -0.3 is 15.4 Å². The number of anilines is 3. The monoisotopic (exact) mass is 272 g/mol. The zero-order chi connectivity index (χ0) is 14.5. The molecule has 0 bridgehead atoms. The van der Waals surface area contributed by atoms with Gasteiger partial charge in [0.1, 0.15) is 6.33 Å². The van der Waals surface area contributed by atoms with Crippen molar-refractivity contribution in [2.45, 2.75) is 20.8 Å². The zero-order valence-electron chi connectivity index (χ0n) is 12.3. The summed E-state index contributed by atoms with van der Waals surface area (Å²) in [6, 6.07) is 6.25. The van der Waals surface area contributed by atoms with Gasteiger partial charge in [-0.25, -0.2) is 9.97 Å². The van der Waals surface area contributed by atoms with E-state index in [1.54, 1.807) is 7.11 Å². The second kappa shape index (κ2) is 6.23. The Morgan fingerprint density at radius 3 is 2.60 bits per heavy atom. The van der Waals surface area contributed by atoms with Crippen molar-refractivity contribution in [2.75, 3.05) is 24.3 Å². The van der Waals surface area contributed by atoms with Crippen molar-refractivity contribution < 1.29 is 4.74 Å². The third-order valence-electron chi connectivity index (χ3n) is 3.00. The molecule has 0 atom stereocenters. The van der Waals surface area contributed by atoms with Crippen LogP contribution in [-0.2, 0) is 0 Å². The number of nitrogens with one attached hydrogen (secondary N) is 2. The lowest BCUT2D eigenvalue weighted by Crippen LogP contribution is -2.06. The third kappa shape index (κ3) is 2.99. The van der Waals surface area contributed by atoms with Crippen LogP contribution in [0.15, 0.2) is 24.5 Å². The first-order chi connectivity index (χ1) is 9.65. The molecule has 0 saturated heterocycles. The molecule has 2 N–H and O–H groups in total. The van der Waals surface area contributed by atoms with Crippen molar-refractivity contribution in [3.8, 4) is 5.75 Å². The first kappa shape index (κ1) is 14.1. The van der Waals surface area contributed by atoms with E-state index in [2.05, 4.69) is 52.6 Å². The standard InChI is InChI=1S/C15H20N4O/c1-5-16-14-13(20-4)15(18-9-17-14)19-12-8-10(2)6-7-11(12)3/h6-9H,5H2,1-4H3,(H2,16,17,18,19). The van der Waals surface area contributed by atoms with E-state index in [0.29, 0.717) is 17.4 Å². The van der Waals surface area contributed by atoms with E-state index < -0.39 is 0 Å². The van der Waals surface area contributed by atoms with E-state index in [4.69, 9.17) is 4.74 Å². The summed E-state index contributed by atoms with van der Waals surface area (Å²) in [5.41, 5.74) is 3.36. The summed E-state index contributed by atoms with van der Waals surface area (Å²) in [6.45, 7) is 6.90. The number of rotatable bonds is 5. The molecule has 0 aliphatic rings. The highest BCUT2D eigenvalue weighted by Gasteiger charge is 2.12. The molecule has 0 unspecified atom stereocenters. The molecule has 106 valence electrons. The minimum Gasteiger partial charge on any atom is -0.490 e. The van der Waals surface area contributed by atoms with Gasteiger partial charge in [0.15, 0.2) is 11.6 Å². The molecule has 0 radical (unpaired) electrons. The van der Waals surface area contributed by atoms with E-state index in [9.17, 15) is 0 Å². The number of benzene rings is 1. The maximum Gasteiger partial charge on any atom is 0.204 e. The van der Waals surface area contributed by atoms with Crippen LogP contribution in [0.3, 0.4) is 0 Å². The molecule has 0 spiro atoms. The minimum absolute atomic E-state index is 0.621.